The zero-order valence-electron chi connectivity index (χ0n) is 51.0. The number of phosphoric acid groups is 1. The Hall–Kier alpha value is -2.03. The molecule has 446 valence electrons. The van der Waals surface area contributed by atoms with Crippen LogP contribution in [0.1, 0.15) is 310 Å². The first kappa shape index (κ1) is 74.0. The van der Waals surface area contributed by atoms with E-state index >= 15 is 0 Å². The molecule has 0 heterocycles. The van der Waals surface area contributed by atoms with Crippen molar-refractivity contribution < 1.29 is 37.3 Å². The number of esters is 1. The number of unbranched alkanes of at least 4 members (excludes halogenated alkanes) is 37. The lowest BCUT2D eigenvalue weighted by molar-refractivity contribution is -0.870. The largest absolute Gasteiger partial charge is 0.756 e. The molecule has 0 radical (unpaired) electrons. The number of ether oxygens (including phenoxy) is 1. The first-order valence-electron chi connectivity index (χ1n) is 32.4. The second-order valence-corrected chi connectivity index (χ2v) is 24.7. The Morgan fingerprint density at radius 2 is 0.816 bits per heavy atom. The van der Waals surface area contributed by atoms with E-state index in [1.807, 2.05) is 39.4 Å². The van der Waals surface area contributed by atoms with E-state index in [1.165, 1.54) is 218 Å². The average molecular weight is 1090 g/mol. The number of amides is 1. The van der Waals surface area contributed by atoms with Crippen molar-refractivity contribution in [3.63, 3.8) is 0 Å². The molecule has 0 aliphatic carbocycles. The predicted molar refractivity (Wildman–Crippen MR) is 326 cm³/mol. The van der Waals surface area contributed by atoms with Crippen LogP contribution in [0.5, 0.6) is 0 Å². The molecule has 1 N–H and O–H groups in total. The molecule has 3 atom stereocenters. The fourth-order valence-corrected chi connectivity index (χ4v) is 10.2. The number of carbonyl (C=O) groups excluding carboxylic acids is 2. The Morgan fingerprint density at radius 3 is 1.22 bits per heavy atom. The summed E-state index contributed by atoms with van der Waals surface area (Å²) in [6.45, 7) is 6.81. The number of nitrogens with one attached hydrogen (secondary N) is 1. The Kier molecular flexibility index (Phi) is 54.7. The minimum atomic E-state index is -4.71. The second kappa shape index (κ2) is 56.3. The molecule has 0 saturated carbocycles. The van der Waals surface area contributed by atoms with Crippen LogP contribution in [-0.2, 0) is 27.9 Å². The van der Waals surface area contributed by atoms with E-state index in [1.54, 1.807) is 0 Å². The lowest BCUT2D eigenvalue weighted by Crippen LogP contribution is -2.47. The van der Waals surface area contributed by atoms with Gasteiger partial charge in [0.15, 0.2) is 0 Å². The van der Waals surface area contributed by atoms with E-state index in [-0.39, 0.29) is 31.3 Å². The third-order valence-electron chi connectivity index (χ3n) is 14.5. The highest BCUT2D eigenvalue weighted by atomic mass is 31.2. The van der Waals surface area contributed by atoms with Crippen molar-refractivity contribution in [2.75, 3.05) is 40.9 Å². The summed E-state index contributed by atoms with van der Waals surface area (Å²) in [6.07, 6.45) is 69.7. The van der Waals surface area contributed by atoms with Crippen molar-refractivity contribution >= 4 is 19.7 Å². The number of phosphoric ester groups is 1. The fourth-order valence-electron chi connectivity index (χ4n) is 9.45. The van der Waals surface area contributed by atoms with Crippen LogP contribution in [0.3, 0.4) is 0 Å². The third-order valence-corrected chi connectivity index (χ3v) is 15.5. The van der Waals surface area contributed by atoms with Gasteiger partial charge in [-0.05, 0) is 76.7 Å². The molecule has 9 nitrogen and oxygen atoms in total. The fraction of sp³-hybridized carbons (Fsp3) is 0.848. The van der Waals surface area contributed by atoms with Crippen molar-refractivity contribution in [2.24, 2.45) is 0 Å². The molecule has 1 amide bonds. The molecule has 10 heteroatoms. The van der Waals surface area contributed by atoms with Gasteiger partial charge in [0.1, 0.15) is 19.3 Å². The van der Waals surface area contributed by atoms with Crippen molar-refractivity contribution in [1.82, 2.24) is 5.32 Å². The number of hydrogen-bond acceptors (Lipinski definition) is 7. The number of hydrogen-bond donors (Lipinski definition) is 1. The molecule has 0 fully saturated rings. The molecule has 3 unspecified atom stereocenters. The summed E-state index contributed by atoms with van der Waals surface area (Å²) in [5.41, 5.74) is 0. The highest BCUT2D eigenvalue weighted by molar-refractivity contribution is 7.45. The maximum atomic E-state index is 13.5. The summed E-state index contributed by atoms with van der Waals surface area (Å²) in [4.78, 5) is 39.9. The molecule has 0 aliphatic rings. The van der Waals surface area contributed by atoms with Gasteiger partial charge >= 0.3 is 5.97 Å². The minimum absolute atomic E-state index is 0.0304. The highest BCUT2D eigenvalue weighted by Crippen LogP contribution is 2.38. The van der Waals surface area contributed by atoms with Crippen LogP contribution in [0.25, 0.3) is 0 Å². The van der Waals surface area contributed by atoms with Gasteiger partial charge in [-0.15, -0.1) is 0 Å². The van der Waals surface area contributed by atoms with Crippen LogP contribution in [0.4, 0.5) is 0 Å². The molecule has 0 saturated heterocycles. The third kappa shape index (κ3) is 56.7. The summed E-state index contributed by atoms with van der Waals surface area (Å²) >= 11 is 0. The summed E-state index contributed by atoms with van der Waals surface area (Å²) in [5, 5.41) is 2.99. The highest BCUT2D eigenvalue weighted by Gasteiger charge is 2.27. The van der Waals surface area contributed by atoms with Gasteiger partial charge in [0, 0.05) is 12.8 Å². The predicted octanol–water partition coefficient (Wildman–Crippen LogP) is 19.4. The van der Waals surface area contributed by atoms with Crippen LogP contribution >= 0.6 is 7.82 Å². The Morgan fingerprint density at radius 1 is 0.461 bits per heavy atom. The van der Waals surface area contributed by atoms with Gasteiger partial charge in [0.25, 0.3) is 7.82 Å². The van der Waals surface area contributed by atoms with Crippen LogP contribution in [0.2, 0.25) is 0 Å². The van der Waals surface area contributed by atoms with Crippen LogP contribution in [0.15, 0.2) is 48.6 Å². The molecule has 0 aromatic carbocycles. The molecule has 76 heavy (non-hydrogen) atoms. The Labute approximate surface area is 471 Å². The monoisotopic (exact) mass is 1090 g/mol. The first-order valence-corrected chi connectivity index (χ1v) is 33.9. The maximum absolute atomic E-state index is 13.5. The first-order chi connectivity index (χ1) is 36.9. The molecule has 0 aliphatic heterocycles. The maximum Gasteiger partial charge on any atom is 0.306 e. The topological polar surface area (TPSA) is 114 Å². The van der Waals surface area contributed by atoms with Crippen molar-refractivity contribution in [3.05, 3.63) is 48.6 Å². The second-order valence-electron chi connectivity index (χ2n) is 23.3. The van der Waals surface area contributed by atoms with Gasteiger partial charge in [-0.2, -0.15) is 0 Å². The molecular weight excluding hydrogens is 964 g/mol. The van der Waals surface area contributed by atoms with Gasteiger partial charge in [0.05, 0.1) is 33.8 Å². The molecule has 0 aromatic rings. The zero-order valence-corrected chi connectivity index (χ0v) is 51.9. The molecule has 0 bridgehead atoms. The van der Waals surface area contributed by atoms with E-state index in [4.69, 9.17) is 13.8 Å². The van der Waals surface area contributed by atoms with Crippen molar-refractivity contribution in [3.8, 4) is 0 Å². The van der Waals surface area contributed by atoms with Gasteiger partial charge < -0.3 is 28.5 Å². The number of allylic oxidation sites excluding steroid dienone is 7. The van der Waals surface area contributed by atoms with E-state index in [9.17, 15) is 19.0 Å². The quantitative estimate of drug-likeness (QED) is 0.0212. The Bertz CT molecular complexity index is 1440. The number of likely N-dealkylation sites (N-methyl/N-ethyl adjacent to an activating group) is 1. The smallest absolute Gasteiger partial charge is 0.306 e. The normalized spacial score (nSPS) is 13.9. The zero-order chi connectivity index (χ0) is 55.7. The van der Waals surface area contributed by atoms with Gasteiger partial charge in [0.2, 0.25) is 5.91 Å². The van der Waals surface area contributed by atoms with E-state index < -0.39 is 26.6 Å². The van der Waals surface area contributed by atoms with Gasteiger partial charge in [-0.1, -0.05) is 269 Å². The van der Waals surface area contributed by atoms with Crippen LogP contribution in [0, 0.1) is 0 Å². The van der Waals surface area contributed by atoms with Crippen molar-refractivity contribution in [2.45, 2.75) is 322 Å². The van der Waals surface area contributed by atoms with E-state index in [0.29, 0.717) is 17.4 Å². The summed E-state index contributed by atoms with van der Waals surface area (Å²) in [6, 6.07) is -0.916. The summed E-state index contributed by atoms with van der Waals surface area (Å²) in [5.74, 6) is -0.609. The number of quaternary nitrogens is 1. The summed E-state index contributed by atoms with van der Waals surface area (Å²) in [7, 11) is 1.16. The lowest BCUT2D eigenvalue weighted by atomic mass is 10.0. The SMILES string of the molecule is CCCCCCCC/C=C\C/C=C/CCC(=O)NC(COP(=O)([O-])OCC[N+](C)(C)C)C(/C=C\CCCCCCCCCCCC)OC(=O)CCCCCCCCCCCCCCCCC/C=C/CCCCCCCC. The minimum Gasteiger partial charge on any atom is -0.756 e. The lowest BCUT2D eigenvalue weighted by Gasteiger charge is -2.30. The number of rotatable bonds is 59. The number of carbonyl (C=O) groups is 2. The van der Waals surface area contributed by atoms with Gasteiger partial charge in [-0.25, -0.2) is 0 Å². The van der Waals surface area contributed by atoms with E-state index in [0.717, 1.165) is 51.4 Å². The van der Waals surface area contributed by atoms with Crippen LogP contribution in [-0.4, -0.2) is 69.4 Å². The average Bonchev–Trinajstić information content (AvgIpc) is 3.38. The summed E-state index contributed by atoms with van der Waals surface area (Å²) < 4.78 is 30.3. The molecule has 0 aromatic heterocycles. The van der Waals surface area contributed by atoms with Crippen molar-refractivity contribution in [1.29, 1.82) is 0 Å². The molecule has 0 spiro atoms. The Balaban J connectivity index is 5.10. The number of nitrogens with zero attached hydrogens (tertiary/aromatic N) is 1. The van der Waals surface area contributed by atoms with E-state index in [2.05, 4.69) is 56.5 Å². The van der Waals surface area contributed by atoms with Crippen LogP contribution < -0.4 is 10.2 Å². The molecule has 0 rings (SSSR count). The molecular formula is C66H125N2O7P. The standard InChI is InChI=1S/C66H125N2O7P/c1-7-10-13-16-19-22-25-28-29-30-31-32-33-34-35-36-37-38-39-41-44-47-50-53-56-59-66(70)75-64(57-54-51-48-45-42-27-24-21-18-15-12-9-3)63(62-74-76(71,72)73-61-60-68(4,5)6)67-65(69)58-55-52-49-46-43-40-26-23-20-17-14-11-8-2/h28-29,40,43,49,52,54,57,63-64H,7-27,30-39,41-42,44-48,50-51,53,55-56,58-62H2,1-6H3,(H-,67,69,71,72)/b29-28+,43-40-,52-49+,57-54-. The van der Waals surface area contributed by atoms with Gasteiger partial charge in [-0.3, -0.25) is 14.2 Å².